The second-order valence-corrected chi connectivity index (χ2v) is 5.23. The molecular formula is C13H28N2O. The third-order valence-corrected chi connectivity index (χ3v) is 2.70. The fourth-order valence-corrected chi connectivity index (χ4v) is 1.95. The Balaban J connectivity index is 4.39. The molecule has 3 N–H and O–H groups in total. The van der Waals surface area contributed by atoms with E-state index in [9.17, 15) is 0 Å². The van der Waals surface area contributed by atoms with E-state index < -0.39 is 0 Å². The van der Waals surface area contributed by atoms with Gasteiger partial charge >= 0.3 is 0 Å². The monoisotopic (exact) mass is 228 g/mol. The number of rotatable bonds is 8. The highest BCUT2D eigenvalue weighted by Gasteiger charge is 2.31. The van der Waals surface area contributed by atoms with Crippen molar-refractivity contribution in [3.05, 3.63) is 12.7 Å². The van der Waals surface area contributed by atoms with E-state index >= 15 is 0 Å². The Kier molecular flexibility index (Phi) is 7.64. The van der Waals surface area contributed by atoms with Crippen LogP contribution in [0, 0.1) is 5.41 Å². The van der Waals surface area contributed by atoms with Crippen LogP contribution in [-0.4, -0.2) is 18.8 Å². The Morgan fingerprint density at radius 2 is 2.06 bits per heavy atom. The number of nitrogens with two attached hydrogens (primary N) is 1. The van der Waals surface area contributed by atoms with Gasteiger partial charge in [-0.2, -0.15) is 0 Å². The molecule has 0 saturated heterocycles. The van der Waals surface area contributed by atoms with Gasteiger partial charge in [0.2, 0.25) is 0 Å². The first-order chi connectivity index (χ1) is 7.47. The van der Waals surface area contributed by atoms with Crippen LogP contribution in [0.25, 0.3) is 0 Å². The molecule has 3 heteroatoms. The minimum absolute atomic E-state index is 0.0984. The third kappa shape index (κ3) is 5.64. The maximum absolute atomic E-state index is 5.82. The lowest BCUT2D eigenvalue weighted by molar-refractivity contribution is -0.0377. The lowest BCUT2D eigenvalue weighted by Crippen LogP contribution is -2.50. The Bertz CT molecular complexity index is 187. The number of hydrogen-bond donors (Lipinski definition) is 2. The summed E-state index contributed by atoms with van der Waals surface area (Å²) >= 11 is 0. The van der Waals surface area contributed by atoms with Gasteiger partial charge in [-0.25, -0.2) is 0 Å². The summed E-state index contributed by atoms with van der Waals surface area (Å²) in [6, 6.07) is 0.208. The van der Waals surface area contributed by atoms with Crippen molar-refractivity contribution in [2.75, 3.05) is 6.61 Å². The minimum atomic E-state index is 0.0984. The molecule has 0 saturated carbocycles. The summed E-state index contributed by atoms with van der Waals surface area (Å²) in [5.41, 5.74) is 2.99. The summed E-state index contributed by atoms with van der Waals surface area (Å²) in [6.45, 7) is 13.0. The summed E-state index contributed by atoms with van der Waals surface area (Å²) in [5.74, 6) is 5.63. The van der Waals surface area contributed by atoms with E-state index in [0.717, 1.165) is 25.9 Å². The molecule has 0 aliphatic heterocycles. The SMILES string of the molecule is C=CCCCC(NN)C(OCC)C(C)(C)C. The predicted molar refractivity (Wildman–Crippen MR) is 70.0 cm³/mol. The second-order valence-electron chi connectivity index (χ2n) is 5.23. The van der Waals surface area contributed by atoms with Crippen LogP contribution in [0.2, 0.25) is 0 Å². The van der Waals surface area contributed by atoms with Gasteiger partial charge in [0.05, 0.1) is 6.10 Å². The highest BCUT2D eigenvalue weighted by Crippen LogP contribution is 2.26. The fourth-order valence-electron chi connectivity index (χ4n) is 1.95. The van der Waals surface area contributed by atoms with Crippen LogP contribution >= 0.6 is 0 Å². The number of hydrogen-bond acceptors (Lipinski definition) is 3. The zero-order valence-electron chi connectivity index (χ0n) is 11.3. The molecule has 2 unspecified atom stereocenters. The molecule has 0 aromatic carbocycles. The lowest BCUT2D eigenvalue weighted by Gasteiger charge is -2.36. The fraction of sp³-hybridized carbons (Fsp3) is 0.846. The van der Waals surface area contributed by atoms with E-state index in [4.69, 9.17) is 10.6 Å². The molecule has 0 spiro atoms. The van der Waals surface area contributed by atoms with Crippen molar-refractivity contribution < 1.29 is 4.74 Å². The number of hydrazine groups is 1. The first kappa shape index (κ1) is 15.6. The standard InChI is InChI=1S/C13H28N2O/c1-6-8-9-10-11(15-14)12(16-7-2)13(3,4)5/h6,11-12,15H,1,7-10,14H2,2-5H3. The largest absolute Gasteiger partial charge is 0.376 e. The van der Waals surface area contributed by atoms with Crippen molar-refractivity contribution >= 4 is 0 Å². The molecule has 0 aliphatic rings. The van der Waals surface area contributed by atoms with Gasteiger partial charge in [0.1, 0.15) is 0 Å². The molecule has 0 amide bonds. The molecule has 0 aromatic heterocycles. The van der Waals surface area contributed by atoms with Crippen molar-refractivity contribution in [2.24, 2.45) is 11.3 Å². The van der Waals surface area contributed by atoms with Gasteiger partial charge in [0, 0.05) is 12.6 Å². The van der Waals surface area contributed by atoms with Gasteiger partial charge in [-0.15, -0.1) is 6.58 Å². The van der Waals surface area contributed by atoms with Crippen LogP contribution < -0.4 is 11.3 Å². The van der Waals surface area contributed by atoms with Crippen LogP contribution in [0.1, 0.15) is 47.0 Å². The molecule has 0 aliphatic carbocycles. The maximum Gasteiger partial charge on any atom is 0.0789 e. The topological polar surface area (TPSA) is 47.3 Å². The molecule has 3 nitrogen and oxygen atoms in total. The first-order valence-electron chi connectivity index (χ1n) is 6.16. The summed E-state index contributed by atoms with van der Waals surface area (Å²) in [5, 5.41) is 0. The van der Waals surface area contributed by atoms with E-state index in [1.165, 1.54) is 0 Å². The minimum Gasteiger partial charge on any atom is -0.376 e. The molecule has 0 bridgehead atoms. The molecule has 0 rings (SSSR count). The Morgan fingerprint density at radius 1 is 1.44 bits per heavy atom. The van der Waals surface area contributed by atoms with Crippen LogP contribution in [0.5, 0.6) is 0 Å². The Hall–Kier alpha value is -0.380. The third-order valence-electron chi connectivity index (χ3n) is 2.70. The number of ether oxygens (including phenoxy) is 1. The number of allylic oxidation sites excluding steroid dienone is 1. The second kappa shape index (κ2) is 7.82. The zero-order valence-corrected chi connectivity index (χ0v) is 11.3. The average molecular weight is 228 g/mol. The molecule has 16 heavy (non-hydrogen) atoms. The van der Waals surface area contributed by atoms with Gasteiger partial charge in [0.15, 0.2) is 0 Å². The molecule has 0 heterocycles. The van der Waals surface area contributed by atoms with Crippen molar-refractivity contribution in [3.8, 4) is 0 Å². The van der Waals surface area contributed by atoms with E-state index in [1.807, 2.05) is 13.0 Å². The summed E-state index contributed by atoms with van der Waals surface area (Å²) in [6.07, 6.45) is 5.23. The van der Waals surface area contributed by atoms with Gasteiger partial charge in [-0.1, -0.05) is 26.8 Å². The van der Waals surface area contributed by atoms with Crippen LogP contribution in [0.4, 0.5) is 0 Å². The molecular weight excluding hydrogens is 200 g/mol. The van der Waals surface area contributed by atoms with E-state index in [0.29, 0.717) is 0 Å². The van der Waals surface area contributed by atoms with E-state index in [1.54, 1.807) is 0 Å². The molecule has 2 atom stereocenters. The summed E-state index contributed by atoms with van der Waals surface area (Å²) in [4.78, 5) is 0. The molecule has 0 radical (unpaired) electrons. The quantitative estimate of drug-likeness (QED) is 0.290. The Morgan fingerprint density at radius 3 is 2.44 bits per heavy atom. The number of nitrogens with one attached hydrogen (secondary N) is 1. The normalized spacial score (nSPS) is 15.8. The smallest absolute Gasteiger partial charge is 0.0789 e. The van der Waals surface area contributed by atoms with Crippen molar-refractivity contribution in [1.29, 1.82) is 0 Å². The molecule has 0 fully saturated rings. The Labute approximate surface area is 100 Å². The highest BCUT2D eigenvalue weighted by atomic mass is 16.5. The van der Waals surface area contributed by atoms with Crippen LogP contribution in [0.3, 0.4) is 0 Å². The van der Waals surface area contributed by atoms with E-state index in [2.05, 4.69) is 32.8 Å². The van der Waals surface area contributed by atoms with Gasteiger partial charge in [-0.3, -0.25) is 11.3 Å². The number of unbranched alkanes of at least 4 members (excludes halogenated alkanes) is 1. The summed E-state index contributed by atoms with van der Waals surface area (Å²) < 4.78 is 5.82. The molecule has 0 aromatic rings. The van der Waals surface area contributed by atoms with E-state index in [-0.39, 0.29) is 17.6 Å². The van der Waals surface area contributed by atoms with Gasteiger partial charge in [0.25, 0.3) is 0 Å². The maximum atomic E-state index is 5.82. The van der Waals surface area contributed by atoms with Crippen molar-refractivity contribution in [2.45, 2.75) is 59.1 Å². The highest BCUT2D eigenvalue weighted by molar-refractivity contribution is 4.85. The van der Waals surface area contributed by atoms with Crippen molar-refractivity contribution in [3.63, 3.8) is 0 Å². The predicted octanol–water partition coefficient (Wildman–Crippen LogP) is 2.63. The average Bonchev–Trinajstić information content (AvgIpc) is 2.20. The first-order valence-corrected chi connectivity index (χ1v) is 6.16. The van der Waals surface area contributed by atoms with Gasteiger partial charge in [-0.05, 0) is 31.6 Å². The molecule has 96 valence electrons. The summed E-state index contributed by atoms with van der Waals surface area (Å²) in [7, 11) is 0. The van der Waals surface area contributed by atoms with Crippen LogP contribution in [0.15, 0.2) is 12.7 Å². The van der Waals surface area contributed by atoms with Crippen LogP contribution in [-0.2, 0) is 4.74 Å². The zero-order chi connectivity index (χ0) is 12.6. The lowest BCUT2D eigenvalue weighted by atomic mass is 9.83. The van der Waals surface area contributed by atoms with Crippen molar-refractivity contribution in [1.82, 2.24) is 5.43 Å². The van der Waals surface area contributed by atoms with Gasteiger partial charge < -0.3 is 4.74 Å².